The molecule has 104 valence electrons. The number of aromatic hydroxyl groups is 2. The summed E-state index contributed by atoms with van der Waals surface area (Å²) in [5.41, 5.74) is 0.335. The van der Waals surface area contributed by atoms with Gasteiger partial charge < -0.3 is 15.5 Å². The fraction of sp³-hybridized carbons (Fsp3) is 0.0769. The summed E-state index contributed by atoms with van der Waals surface area (Å²) >= 11 is 0. The Morgan fingerprint density at radius 1 is 1.20 bits per heavy atom. The summed E-state index contributed by atoms with van der Waals surface area (Å²) in [7, 11) is 0. The van der Waals surface area contributed by atoms with E-state index in [0.29, 0.717) is 5.56 Å². The SMILES string of the molecule is O=[N+]([O-])c1cc(F)cc(NCc2ccc(O)cc2O)c1. The Hall–Kier alpha value is -2.83. The number of halogens is 1. The first-order valence-corrected chi connectivity index (χ1v) is 5.65. The van der Waals surface area contributed by atoms with Crippen LogP contribution in [0, 0.1) is 15.9 Å². The number of anilines is 1. The second-order valence-corrected chi connectivity index (χ2v) is 4.12. The molecule has 6 nitrogen and oxygen atoms in total. The largest absolute Gasteiger partial charge is 0.508 e. The topological polar surface area (TPSA) is 95.6 Å². The van der Waals surface area contributed by atoms with Crippen LogP contribution in [-0.2, 0) is 6.54 Å². The van der Waals surface area contributed by atoms with Crippen LogP contribution in [0.5, 0.6) is 11.5 Å². The van der Waals surface area contributed by atoms with E-state index < -0.39 is 10.7 Å². The maximum atomic E-state index is 13.2. The second-order valence-electron chi connectivity index (χ2n) is 4.12. The average Bonchev–Trinajstić information content (AvgIpc) is 2.37. The predicted molar refractivity (Wildman–Crippen MR) is 70.2 cm³/mol. The summed E-state index contributed by atoms with van der Waals surface area (Å²) in [6.45, 7) is 0.132. The Bertz CT molecular complexity index is 661. The zero-order chi connectivity index (χ0) is 14.7. The van der Waals surface area contributed by atoms with Gasteiger partial charge in [0.15, 0.2) is 0 Å². The number of hydrogen-bond donors (Lipinski definition) is 3. The lowest BCUT2D eigenvalue weighted by Crippen LogP contribution is -2.01. The van der Waals surface area contributed by atoms with Crippen LogP contribution in [0.25, 0.3) is 0 Å². The van der Waals surface area contributed by atoms with Crippen molar-refractivity contribution >= 4 is 11.4 Å². The molecule has 0 aromatic heterocycles. The molecule has 0 aliphatic carbocycles. The number of nitrogens with one attached hydrogen (secondary N) is 1. The van der Waals surface area contributed by atoms with Gasteiger partial charge in [-0.15, -0.1) is 0 Å². The number of nitrogens with zero attached hydrogens (tertiary/aromatic N) is 1. The van der Waals surface area contributed by atoms with Gasteiger partial charge in [0.25, 0.3) is 5.69 Å². The summed E-state index contributed by atoms with van der Waals surface area (Å²) < 4.78 is 13.2. The van der Waals surface area contributed by atoms with Crippen molar-refractivity contribution in [2.75, 3.05) is 5.32 Å². The molecule has 20 heavy (non-hydrogen) atoms. The summed E-state index contributed by atoms with van der Waals surface area (Å²) in [4.78, 5) is 9.93. The van der Waals surface area contributed by atoms with Crippen LogP contribution in [0.4, 0.5) is 15.8 Å². The second kappa shape index (κ2) is 5.43. The van der Waals surface area contributed by atoms with Gasteiger partial charge >= 0.3 is 0 Å². The van der Waals surface area contributed by atoms with Crippen molar-refractivity contribution in [3.63, 3.8) is 0 Å². The lowest BCUT2D eigenvalue weighted by atomic mass is 10.2. The molecule has 0 radical (unpaired) electrons. The van der Waals surface area contributed by atoms with Gasteiger partial charge in [-0.05, 0) is 18.2 Å². The van der Waals surface area contributed by atoms with Crippen LogP contribution in [0.2, 0.25) is 0 Å². The minimum Gasteiger partial charge on any atom is -0.508 e. The van der Waals surface area contributed by atoms with Gasteiger partial charge in [0.2, 0.25) is 0 Å². The van der Waals surface area contributed by atoms with Crippen molar-refractivity contribution < 1.29 is 19.5 Å². The Morgan fingerprint density at radius 3 is 2.60 bits per heavy atom. The number of benzene rings is 2. The molecule has 0 bridgehead atoms. The number of nitro groups is 1. The zero-order valence-corrected chi connectivity index (χ0v) is 10.2. The molecule has 7 heteroatoms. The van der Waals surface area contributed by atoms with Crippen LogP contribution in [0.15, 0.2) is 36.4 Å². The van der Waals surface area contributed by atoms with Gasteiger partial charge in [-0.2, -0.15) is 0 Å². The molecule has 2 aromatic rings. The molecule has 0 saturated heterocycles. The highest BCUT2D eigenvalue weighted by molar-refractivity contribution is 5.52. The summed E-state index contributed by atoms with van der Waals surface area (Å²) in [5, 5.41) is 32.1. The first kappa shape index (κ1) is 13.6. The number of hydrogen-bond acceptors (Lipinski definition) is 5. The van der Waals surface area contributed by atoms with Crippen molar-refractivity contribution in [3.05, 3.63) is 57.9 Å². The molecule has 0 atom stereocenters. The van der Waals surface area contributed by atoms with Crippen molar-refractivity contribution in [1.29, 1.82) is 0 Å². The fourth-order valence-corrected chi connectivity index (χ4v) is 1.68. The van der Waals surface area contributed by atoms with E-state index in [0.717, 1.165) is 12.1 Å². The number of phenolic OH excluding ortho intramolecular Hbond substituents is 2. The molecule has 0 amide bonds. The lowest BCUT2D eigenvalue weighted by molar-refractivity contribution is -0.385. The van der Waals surface area contributed by atoms with Crippen molar-refractivity contribution in [1.82, 2.24) is 0 Å². The van der Waals surface area contributed by atoms with Crippen LogP contribution >= 0.6 is 0 Å². The van der Waals surface area contributed by atoms with E-state index >= 15 is 0 Å². The maximum absolute atomic E-state index is 13.2. The van der Waals surface area contributed by atoms with Crippen LogP contribution < -0.4 is 5.32 Å². The Balaban J connectivity index is 2.16. The molecule has 2 aromatic carbocycles. The van der Waals surface area contributed by atoms with Crippen molar-refractivity contribution in [2.45, 2.75) is 6.54 Å². The van der Waals surface area contributed by atoms with Gasteiger partial charge in [0.05, 0.1) is 11.0 Å². The standard InChI is InChI=1S/C13H11FN2O4/c14-9-3-10(5-11(4-9)16(19)20)15-7-8-1-2-12(17)6-13(8)18/h1-6,15,17-18H,7H2. The molecular formula is C13H11FN2O4. The number of rotatable bonds is 4. The predicted octanol–water partition coefficient (Wildman–Crippen LogP) is 2.76. The quantitative estimate of drug-likeness (QED) is 0.590. The summed E-state index contributed by atoms with van der Waals surface area (Å²) in [6.07, 6.45) is 0. The van der Waals surface area contributed by atoms with E-state index in [4.69, 9.17) is 5.11 Å². The highest BCUT2D eigenvalue weighted by atomic mass is 19.1. The lowest BCUT2D eigenvalue weighted by Gasteiger charge is -2.08. The molecule has 0 unspecified atom stereocenters. The van der Waals surface area contributed by atoms with E-state index in [9.17, 15) is 19.6 Å². The van der Waals surface area contributed by atoms with Gasteiger partial charge in [-0.1, -0.05) is 0 Å². The van der Waals surface area contributed by atoms with Crippen LogP contribution in [0.1, 0.15) is 5.56 Å². The van der Waals surface area contributed by atoms with E-state index in [1.165, 1.54) is 24.3 Å². The van der Waals surface area contributed by atoms with Crippen LogP contribution in [-0.4, -0.2) is 15.1 Å². The molecule has 3 N–H and O–H groups in total. The normalized spacial score (nSPS) is 10.2. The molecule has 0 aliphatic rings. The van der Waals surface area contributed by atoms with Gasteiger partial charge in [0.1, 0.15) is 17.3 Å². The molecule has 0 aliphatic heterocycles. The Labute approximate surface area is 113 Å². The molecule has 0 fully saturated rings. The number of nitro benzene ring substituents is 1. The molecular weight excluding hydrogens is 267 g/mol. The summed E-state index contributed by atoms with van der Waals surface area (Å²) in [6, 6.07) is 7.19. The van der Waals surface area contributed by atoms with Crippen molar-refractivity contribution in [3.8, 4) is 11.5 Å². The first-order valence-electron chi connectivity index (χ1n) is 5.65. The highest BCUT2D eigenvalue weighted by Crippen LogP contribution is 2.25. The van der Waals surface area contributed by atoms with E-state index in [1.54, 1.807) is 0 Å². The van der Waals surface area contributed by atoms with Crippen LogP contribution in [0.3, 0.4) is 0 Å². The maximum Gasteiger partial charge on any atom is 0.274 e. The fourth-order valence-electron chi connectivity index (χ4n) is 1.68. The minimum absolute atomic E-state index is 0.0763. The van der Waals surface area contributed by atoms with Gasteiger partial charge in [-0.25, -0.2) is 4.39 Å². The summed E-state index contributed by atoms with van der Waals surface area (Å²) in [5.74, 6) is -0.923. The number of phenols is 2. The van der Waals surface area contributed by atoms with E-state index in [2.05, 4.69) is 5.32 Å². The third-order valence-electron chi connectivity index (χ3n) is 2.65. The highest BCUT2D eigenvalue weighted by Gasteiger charge is 2.10. The monoisotopic (exact) mass is 278 g/mol. The van der Waals surface area contributed by atoms with Crippen molar-refractivity contribution in [2.24, 2.45) is 0 Å². The van der Waals surface area contributed by atoms with Gasteiger partial charge in [0, 0.05) is 29.9 Å². The van der Waals surface area contributed by atoms with Gasteiger partial charge in [-0.3, -0.25) is 10.1 Å². The minimum atomic E-state index is -0.725. The number of non-ortho nitro benzene ring substituents is 1. The van der Waals surface area contributed by atoms with E-state index in [1.807, 2.05) is 0 Å². The molecule has 0 spiro atoms. The Morgan fingerprint density at radius 2 is 1.95 bits per heavy atom. The smallest absolute Gasteiger partial charge is 0.274 e. The van der Waals surface area contributed by atoms with E-state index in [-0.39, 0.29) is 29.4 Å². The molecule has 0 heterocycles. The average molecular weight is 278 g/mol. The molecule has 0 saturated carbocycles. The zero-order valence-electron chi connectivity index (χ0n) is 10.2. The third kappa shape index (κ3) is 3.14. The Kier molecular flexibility index (Phi) is 3.69. The first-order chi connectivity index (χ1) is 9.45. The molecule has 2 rings (SSSR count). The third-order valence-corrected chi connectivity index (χ3v) is 2.65.